The summed E-state index contributed by atoms with van der Waals surface area (Å²) in [6.07, 6.45) is 1.23. The molecule has 0 aliphatic heterocycles. The highest BCUT2D eigenvalue weighted by Crippen LogP contribution is 2.22. The molecule has 140 valence electrons. The number of aromatic nitrogens is 2. The summed E-state index contributed by atoms with van der Waals surface area (Å²) < 4.78 is 15.6. The Kier molecular flexibility index (Phi) is 5.64. The van der Waals surface area contributed by atoms with Crippen LogP contribution in [0.2, 0.25) is 0 Å². The lowest BCUT2D eigenvalue weighted by molar-refractivity contribution is -0.119. The number of amides is 1. The number of aryl methyl sites for hydroxylation is 1. The van der Waals surface area contributed by atoms with E-state index in [-0.39, 0.29) is 17.4 Å². The zero-order chi connectivity index (χ0) is 19.4. The lowest BCUT2D eigenvalue weighted by Crippen LogP contribution is -2.26. The summed E-state index contributed by atoms with van der Waals surface area (Å²) in [6.45, 7) is 3.82. The van der Waals surface area contributed by atoms with Gasteiger partial charge in [0, 0.05) is 13.0 Å². The number of hydrogen-bond acceptors (Lipinski definition) is 3. The molecule has 0 saturated carbocycles. The van der Waals surface area contributed by atoms with E-state index in [1.807, 2.05) is 35.8 Å². The van der Waals surface area contributed by atoms with Crippen molar-refractivity contribution in [3.05, 3.63) is 65.7 Å². The molecule has 2 aromatic carbocycles. The van der Waals surface area contributed by atoms with Crippen LogP contribution in [-0.4, -0.2) is 27.8 Å². The zero-order valence-corrected chi connectivity index (χ0v) is 15.4. The number of ketones is 1. The number of halogens is 1. The number of fused-ring (bicyclic) bond motifs is 1. The molecule has 27 heavy (non-hydrogen) atoms. The molecule has 0 spiro atoms. The van der Waals surface area contributed by atoms with E-state index in [0.717, 1.165) is 16.9 Å². The van der Waals surface area contributed by atoms with Gasteiger partial charge < -0.3 is 9.88 Å². The minimum Gasteiger partial charge on any atom is -0.352 e. The van der Waals surface area contributed by atoms with Crippen LogP contribution in [0, 0.1) is 5.82 Å². The molecule has 6 heteroatoms. The summed E-state index contributed by atoms with van der Waals surface area (Å²) in [6, 6.07) is 13.3. The van der Waals surface area contributed by atoms with Gasteiger partial charge >= 0.3 is 0 Å². The van der Waals surface area contributed by atoms with Crippen LogP contribution in [0.15, 0.2) is 48.5 Å². The molecule has 1 amide bonds. The summed E-state index contributed by atoms with van der Waals surface area (Å²) >= 11 is 0. The fraction of sp³-hybridized carbons (Fsp3) is 0.286. The molecule has 0 aliphatic carbocycles. The number of para-hydroxylation sites is 2. The molecule has 1 atom stereocenters. The lowest BCUT2D eigenvalue weighted by Gasteiger charge is -2.15. The highest BCUT2D eigenvalue weighted by molar-refractivity contribution is 5.94. The minimum atomic E-state index is -0.535. The summed E-state index contributed by atoms with van der Waals surface area (Å²) in [7, 11) is 0. The number of hydrogen-bond donors (Lipinski definition) is 1. The molecule has 1 aromatic heterocycles. The van der Waals surface area contributed by atoms with Gasteiger partial charge in [0.1, 0.15) is 11.6 Å². The summed E-state index contributed by atoms with van der Waals surface area (Å²) in [5.74, 6) is -0.0999. The Balaban J connectivity index is 1.68. The number of benzene rings is 2. The standard InChI is InChI=1S/C21H22FN3O2/c1-14(15(2)26)25-19-11-6-5-10-18(19)24-20(25)12-7-13-23-21(27)16-8-3-4-9-17(16)22/h3-6,8-11,14H,7,12-13H2,1-2H3,(H,23,27). The van der Waals surface area contributed by atoms with Gasteiger partial charge in [-0.3, -0.25) is 9.59 Å². The number of nitrogens with one attached hydrogen (secondary N) is 1. The number of nitrogens with zero attached hydrogens (tertiary/aromatic N) is 2. The first kappa shape index (κ1) is 18.8. The van der Waals surface area contributed by atoms with Gasteiger partial charge in [-0.15, -0.1) is 0 Å². The van der Waals surface area contributed by atoms with Crippen molar-refractivity contribution in [2.75, 3.05) is 6.54 Å². The normalized spacial score (nSPS) is 12.1. The molecular weight excluding hydrogens is 345 g/mol. The molecular formula is C21H22FN3O2. The Morgan fingerprint density at radius 3 is 2.59 bits per heavy atom. The molecule has 0 radical (unpaired) electrons. The molecule has 0 bridgehead atoms. The van der Waals surface area contributed by atoms with E-state index in [2.05, 4.69) is 10.3 Å². The van der Waals surface area contributed by atoms with Crippen molar-refractivity contribution in [2.24, 2.45) is 0 Å². The number of imidazole rings is 1. The monoisotopic (exact) mass is 367 g/mol. The van der Waals surface area contributed by atoms with Gasteiger partial charge in [0.05, 0.1) is 22.6 Å². The third-order valence-electron chi connectivity index (χ3n) is 4.63. The molecule has 0 aliphatic rings. The smallest absolute Gasteiger partial charge is 0.254 e. The summed E-state index contributed by atoms with van der Waals surface area (Å²) in [4.78, 5) is 28.6. The molecule has 0 fully saturated rings. The Labute approximate surface area is 157 Å². The van der Waals surface area contributed by atoms with Gasteiger partial charge in [-0.05, 0) is 44.5 Å². The molecule has 3 rings (SSSR count). The van der Waals surface area contributed by atoms with E-state index in [1.165, 1.54) is 12.1 Å². The first-order valence-electron chi connectivity index (χ1n) is 8.98. The van der Waals surface area contributed by atoms with Crippen molar-refractivity contribution in [2.45, 2.75) is 32.7 Å². The number of rotatable bonds is 7. The zero-order valence-electron chi connectivity index (χ0n) is 15.4. The van der Waals surface area contributed by atoms with Crippen molar-refractivity contribution in [3.8, 4) is 0 Å². The molecule has 1 unspecified atom stereocenters. The minimum absolute atomic E-state index is 0.0370. The van der Waals surface area contributed by atoms with Crippen LogP contribution in [0.5, 0.6) is 0 Å². The van der Waals surface area contributed by atoms with E-state index in [1.54, 1.807) is 19.1 Å². The third-order valence-corrected chi connectivity index (χ3v) is 4.63. The Bertz CT molecular complexity index is 980. The Hall–Kier alpha value is -3.02. The molecule has 0 saturated heterocycles. The number of Topliss-reactive ketones (excluding diaryl/α,β-unsaturated/α-hetero) is 1. The van der Waals surface area contributed by atoms with E-state index < -0.39 is 11.7 Å². The van der Waals surface area contributed by atoms with Gasteiger partial charge in [0.2, 0.25) is 0 Å². The Morgan fingerprint density at radius 2 is 1.85 bits per heavy atom. The average Bonchev–Trinajstić information content (AvgIpc) is 3.02. The van der Waals surface area contributed by atoms with Crippen LogP contribution in [0.25, 0.3) is 11.0 Å². The van der Waals surface area contributed by atoms with Crippen LogP contribution >= 0.6 is 0 Å². The fourth-order valence-corrected chi connectivity index (χ4v) is 3.07. The van der Waals surface area contributed by atoms with Crippen molar-refractivity contribution in [1.82, 2.24) is 14.9 Å². The van der Waals surface area contributed by atoms with Crippen molar-refractivity contribution >= 4 is 22.7 Å². The van der Waals surface area contributed by atoms with Crippen LogP contribution in [0.4, 0.5) is 4.39 Å². The summed E-state index contributed by atoms with van der Waals surface area (Å²) in [5, 5.41) is 2.73. The van der Waals surface area contributed by atoms with Crippen molar-refractivity contribution in [1.29, 1.82) is 0 Å². The van der Waals surface area contributed by atoms with Crippen molar-refractivity contribution < 1.29 is 14.0 Å². The van der Waals surface area contributed by atoms with Crippen LogP contribution in [-0.2, 0) is 11.2 Å². The van der Waals surface area contributed by atoms with Crippen LogP contribution in [0.1, 0.15) is 42.5 Å². The Morgan fingerprint density at radius 1 is 1.15 bits per heavy atom. The second-order valence-corrected chi connectivity index (χ2v) is 6.51. The molecule has 5 nitrogen and oxygen atoms in total. The third kappa shape index (κ3) is 4.05. The van der Waals surface area contributed by atoms with E-state index in [0.29, 0.717) is 19.4 Å². The quantitative estimate of drug-likeness (QED) is 0.648. The number of carbonyl (C=O) groups is 2. The summed E-state index contributed by atoms with van der Waals surface area (Å²) in [5.41, 5.74) is 1.80. The molecule has 1 N–H and O–H groups in total. The van der Waals surface area contributed by atoms with Crippen LogP contribution < -0.4 is 5.32 Å². The van der Waals surface area contributed by atoms with E-state index >= 15 is 0 Å². The lowest BCUT2D eigenvalue weighted by atomic mass is 10.2. The van der Waals surface area contributed by atoms with Gasteiger partial charge in [-0.1, -0.05) is 24.3 Å². The van der Waals surface area contributed by atoms with Crippen LogP contribution in [0.3, 0.4) is 0 Å². The van der Waals surface area contributed by atoms with Gasteiger partial charge in [0.25, 0.3) is 5.91 Å². The topological polar surface area (TPSA) is 64.0 Å². The average molecular weight is 367 g/mol. The first-order valence-corrected chi connectivity index (χ1v) is 8.98. The predicted octanol–water partition coefficient (Wildman–Crippen LogP) is 3.69. The molecule has 1 heterocycles. The predicted molar refractivity (Wildman–Crippen MR) is 102 cm³/mol. The SMILES string of the molecule is CC(=O)C(C)n1c(CCCNC(=O)c2ccccc2F)nc2ccccc21. The van der Waals surface area contributed by atoms with Crippen molar-refractivity contribution in [3.63, 3.8) is 0 Å². The number of carbonyl (C=O) groups excluding carboxylic acids is 2. The highest BCUT2D eigenvalue weighted by atomic mass is 19.1. The fourth-order valence-electron chi connectivity index (χ4n) is 3.07. The maximum Gasteiger partial charge on any atom is 0.254 e. The van der Waals surface area contributed by atoms with Gasteiger partial charge in [-0.2, -0.15) is 0 Å². The first-order chi connectivity index (χ1) is 13.0. The molecule has 3 aromatic rings. The van der Waals surface area contributed by atoms with E-state index in [9.17, 15) is 14.0 Å². The maximum atomic E-state index is 13.6. The second-order valence-electron chi connectivity index (χ2n) is 6.51. The second kappa shape index (κ2) is 8.12. The highest BCUT2D eigenvalue weighted by Gasteiger charge is 2.18. The maximum absolute atomic E-state index is 13.6. The van der Waals surface area contributed by atoms with Gasteiger partial charge in [-0.25, -0.2) is 9.37 Å². The van der Waals surface area contributed by atoms with Gasteiger partial charge in [0.15, 0.2) is 5.78 Å². The largest absolute Gasteiger partial charge is 0.352 e. The van der Waals surface area contributed by atoms with E-state index in [4.69, 9.17) is 0 Å².